The highest BCUT2D eigenvalue weighted by Gasteiger charge is 2.67. The minimum absolute atomic E-state index is 0.0988. The van der Waals surface area contributed by atoms with Gasteiger partial charge in [-0.2, -0.15) is 0 Å². The number of benzene rings is 2. The maximum atomic E-state index is 14.0. The van der Waals surface area contributed by atoms with Crippen molar-refractivity contribution in [2.24, 2.45) is 17.3 Å². The van der Waals surface area contributed by atoms with Crippen LogP contribution in [0.4, 0.5) is 9.59 Å². The zero-order chi connectivity index (χ0) is 43.5. The van der Waals surface area contributed by atoms with Crippen LogP contribution in [0.5, 0.6) is 11.5 Å². The minimum Gasteiger partial charge on any atom is -0.486 e. The number of amides is 2. The van der Waals surface area contributed by atoms with E-state index < -0.39 is 47.2 Å². The van der Waals surface area contributed by atoms with Gasteiger partial charge in [0.05, 0.1) is 24.8 Å². The predicted octanol–water partition coefficient (Wildman–Crippen LogP) is 8.39. The number of hydrogen-bond donors (Lipinski definition) is 1. The van der Waals surface area contributed by atoms with E-state index in [1.165, 1.54) is 18.6 Å². The molecule has 0 radical (unpaired) electrons. The Hall–Kier alpha value is -4.30. The zero-order valence-electron chi connectivity index (χ0n) is 37.1. The molecule has 14 heteroatoms. The first-order valence-electron chi connectivity index (χ1n) is 20.9. The number of nitrogens with one attached hydrogen (secondary N) is 1. The lowest BCUT2D eigenvalue weighted by atomic mass is 9.43. The SMILES string of the molecule is Cc1c(CCB2O[C@@H]3C[C@@H]4C[C@@H](C4(C)C)[C@]3(C)O2)ccc(OC2CN(C(=O)[C@H](NC(=O)OC(C)(C)C)c3ccc(OC(=O)OC(C)(C)C)cc3)C2)c1C(=O)OC(C)(C)C. The largest absolute Gasteiger partial charge is 0.514 e. The Bertz CT molecular complexity index is 1920. The van der Waals surface area contributed by atoms with Crippen molar-refractivity contribution >= 4 is 31.2 Å². The number of carbonyl (C=O) groups is 4. The highest BCUT2D eigenvalue weighted by Crippen LogP contribution is 2.65. The first-order chi connectivity index (χ1) is 27.2. The third-order valence-electron chi connectivity index (χ3n) is 12.0. The van der Waals surface area contributed by atoms with Gasteiger partial charge in [-0.3, -0.25) is 4.79 Å². The van der Waals surface area contributed by atoms with Gasteiger partial charge >= 0.3 is 25.3 Å². The summed E-state index contributed by atoms with van der Waals surface area (Å²) < 4.78 is 41.5. The van der Waals surface area contributed by atoms with E-state index in [1.54, 1.807) is 64.6 Å². The van der Waals surface area contributed by atoms with Crippen molar-refractivity contribution in [2.75, 3.05) is 13.1 Å². The van der Waals surface area contributed by atoms with Gasteiger partial charge < -0.3 is 43.2 Å². The second-order valence-electron chi connectivity index (χ2n) is 20.4. The van der Waals surface area contributed by atoms with E-state index in [0.29, 0.717) is 41.5 Å². The van der Waals surface area contributed by atoms with Crippen molar-refractivity contribution in [1.29, 1.82) is 0 Å². The Morgan fingerprint density at radius 1 is 0.864 bits per heavy atom. The molecule has 1 N–H and O–H groups in total. The van der Waals surface area contributed by atoms with Crippen LogP contribution in [0, 0.1) is 24.2 Å². The number of aryl methyl sites for hydroxylation is 1. The first kappa shape index (κ1) is 44.3. The van der Waals surface area contributed by atoms with Crippen LogP contribution in [-0.2, 0) is 34.7 Å². The van der Waals surface area contributed by atoms with Crippen molar-refractivity contribution in [3.63, 3.8) is 0 Å². The van der Waals surface area contributed by atoms with Crippen LogP contribution in [-0.4, -0.2) is 83.8 Å². The lowest BCUT2D eigenvalue weighted by molar-refractivity contribution is -0.199. The summed E-state index contributed by atoms with van der Waals surface area (Å²) in [5.74, 6) is 0.843. The monoisotopic (exact) mass is 818 g/mol. The molecule has 0 spiro atoms. The highest BCUT2D eigenvalue weighted by molar-refractivity contribution is 6.45. The molecule has 3 saturated carbocycles. The summed E-state index contributed by atoms with van der Waals surface area (Å²) in [6.07, 6.45) is 1.53. The Morgan fingerprint density at radius 3 is 2.08 bits per heavy atom. The van der Waals surface area contributed by atoms with Crippen molar-refractivity contribution in [1.82, 2.24) is 10.2 Å². The maximum absolute atomic E-state index is 14.0. The molecule has 2 heterocycles. The van der Waals surface area contributed by atoms with E-state index in [9.17, 15) is 19.2 Å². The van der Waals surface area contributed by atoms with Gasteiger partial charge in [0.25, 0.3) is 0 Å². The molecule has 3 aliphatic carbocycles. The number of alkyl carbamates (subject to hydrolysis) is 1. The zero-order valence-corrected chi connectivity index (χ0v) is 37.1. The fourth-order valence-electron chi connectivity index (χ4n) is 8.89. The highest BCUT2D eigenvalue weighted by atomic mass is 16.7. The van der Waals surface area contributed by atoms with Crippen molar-refractivity contribution < 1.29 is 52.2 Å². The van der Waals surface area contributed by atoms with Crippen LogP contribution in [0.3, 0.4) is 0 Å². The van der Waals surface area contributed by atoms with E-state index in [4.69, 9.17) is 33.0 Å². The smallest absolute Gasteiger partial charge is 0.486 e. The molecular weight excluding hydrogens is 755 g/mol. The molecule has 2 aromatic rings. The number of nitrogens with zero attached hydrogens (tertiary/aromatic N) is 1. The van der Waals surface area contributed by atoms with E-state index in [1.807, 2.05) is 33.8 Å². The normalized spacial score (nSPS) is 24.2. The van der Waals surface area contributed by atoms with Gasteiger partial charge in [0.15, 0.2) is 0 Å². The van der Waals surface area contributed by atoms with E-state index >= 15 is 0 Å². The van der Waals surface area contributed by atoms with E-state index in [-0.39, 0.29) is 49.0 Å². The van der Waals surface area contributed by atoms with Crippen molar-refractivity contribution in [3.05, 3.63) is 58.7 Å². The Morgan fingerprint density at radius 2 is 1.49 bits per heavy atom. The molecule has 2 aromatic carbocycles. The minimum atomic E-state index is -1.11. The summed E-state index contributed by atoms with van der Waals surface area (Å²) in [4.78, 5) is 54.5. The molecular formula is C45H63BN2O11. The molecule has 5 aliphatic rings. The van der Waals surface area contributed by atoms with Gasteiger partial charge in [0.1, 0.15) is 46.0 Å². The topological polar surface area (TPSA) is 148 Å². The van der Waals surface area contributed by atoms with Crippen LogP contribution in [0.25, 0.3) is 0 Å². The quantitative estimate of drug-likeness (QED) is 0.107. The van der Waals surface area contributed by atoms with Gasteiger partial charge in [0.2, 0.25) is 5.91 Å². The summed E-state index contributed by atoms with van der Waals surface area (Å²) in [6, 6.07) is 8.88. The van der Waals surface area contributed by atoms with Gasteiger partial charge in [-0.05, 0) is 154 Å². The molecule has 59 heavy (non-hydrogen) atoms. The molecule has 5 atom stereocenters. The molecule has 2 saturated heterocycles. The maximum Gasteiger partial charge on any atom is 0.514 e. The molecule has 2 aliphatic heterocycles. The standard InChI is InChI=1S/C45H63BN2O11/c1-26-27(20-21-46-58-34-23-29-22-33(44(29,11)12)45(34,13)59-46)16-19-32(35(26)38(50)55-41(2,3)4)53-31-24-48(25-31)37(49)36(47-39(51)56-42(5,6)7)28-14-17-30(18-15-28)54-40(52)57-43(8,9)10/h14-19,29,31,33-34,36H,20-25H2,1-13H3,(H,47,51)/t29-,33-,34+,36+,45-/m0/s1. The number of ether oxygens (including phenoxy) is 5. The number of likely N-dealkylation sites (tertiary alicyclic amines) is 1. The molecule has 0 unspecified atom stereocenters. The van der Waals surface area contributed by atoms with E-state index in [0.717, 1.165) is 17.5 Å². The van der Waals surface area contributed by atoms with Gasteiger partial charge in [0, 0.05) is 0 Å². The van der Waals surface area contributed by atoms with Crippen LogP contribution in [0.15, 0.2) is 36.4 Å². The molecule has 0 aromatic heterocycles. The average molecular weight is 819 g/mol. The summed E-state index contributed by atoms with van der Waals surface area (Å²) in [5, 5.41) is 2.71. The average Bonchev–Trinajstić information content (AvgIpc) is 3.42. The molecule has 7 rings (SSSR count). The second-order valence-corrected chi connectivity index (χ2v) is 20.4. The summed E-state index contributed by atoms with van der Waals surface area (Å²) >= 11 is 0. The number of hydrogen-bond acceptors (Lipinski definition) is 11. The summed E-state index contributed by atoms with van der Waals surface area (Å²) in [5.41, 5.74) is 0.219. The predicted molar refractivity (Wildman–Crippen MR) is 221 cm³/mol. The number of carbonyl (C=O) groups excluding carboxylic acids is 4. The lowest BCUT2D eigenvalue weighted by Crippen LogP contribution is -2.65. The fraction of sp³-hybridized carbons (Fsp3) is 0.644. The van der Waals surface area contributed by atoms with Gasteiger partial charge in [-0.15, -0.1) is 0 Å². The molecule has 13 nitrogen and oxygen atoms in total. The number of rotatable bonds is 10. The van der Waals surface area contributed by atoms with Crippen LogP contribution in [0.1, 0.15) is 129 Å². The molecule has 2 bridgehead atoms. The molecule has 322 valence electrons. The molecule has 5 fully saturated rings. The lowest BCUT2D eigenvalue weighted by Gasteiger charge is -2.64. The van der Waals surface area contributed by atoms with Crippen LogP contribution < -0.4 is 14.8 Å². The van der Waals surface area contributed by atoms with Gasteiger partial charge in [-0.1, -0.05) is 32.0 Å². The third kappa shape index (κ3) is 10.0. The molecule has 2 amide bonds. The van der Waals surface area contributed by atoms with Crippen molar-refractivity contribution in [3.8, 4) is 11.5 Å². The first-order valence-corrected chi connectivity index (χ1v) is 20.9. The fourth-order valence-corrected chi connectivity index (χ4v) is 8.89. The Labute approximate surface area is 349 Å². The Balaban J connectivity index is 1.13. The van der Waals surface area contributed by atoms with Crippen molar-refractivity contribution in [2.45, 2.75) is 156 Å². The Kier molecular flexibility index (Phi) is 12.0. The summed E-state index contributed by atoms with van der Waals surface area (Å²) in [7, 11) is -0.323. The van der Waals surface area contributed by atoms with Gasteiger partial charge in [-0.25, -0.2) is 14.4 Å². The second kappa shape index (κ2) is 16.0. The summed E-state index contributed by atoms with van der Waals surface area (Å²) in [6.45, 7) is 25.1. The van der Waals surface area contributed by atoms with Crippen LogP contribution >= 0.6 is 0 Å². The third-order valence-corrected chi connectivity index (χ3v) is 12.0. The van der Waals surface area contributed by atoms with E-state index in [2.05, 4.69) is 26.1 Å². The number of esters is 1. The van der Waals surface area contributed by atoms with Crippen LogP contribution in [0.2, 0.25) is 6.32 Å².